The van der Waals surface area contributed by atoms with Crippen molar-refractivity contribution in [3.8, 4) is 0 Å². The van der Waals surface area contributed by atoms with Gasteiger partial charge in [0.25, 0.3) is 11.8 Å². The molecule has 2 amide bonds. The van der Waals surface area contributed by atoms with Gasteiger partial charge in [0.2, 0.25) is 0 Å². The van der Waals surface area contributed by atoms with Gasteiger partial charge >= 0.3 is 0 Å². The molecule has 2 aliphatic carbocycles. The molecule has 162 valence electrons. The molecule has 0 bridgehead atoms. The number of nitrogens with one attached hydrogen (secondary N) is 1. The van der Waals surface area contributed by atoms with Crippen molar-refractivity contribution in [1.29, 1.82) is 0 Å². The molecule has 1 aliphatic heterocycles. The summed E-state index contributed by atoms with van der Waals surface area (Å²) in [4.78, 5) is 34.5. The van der Waals surface area contributed by atoms with Crippen LogP contribution in [0.1, 0.15) is 78.2 Å². The molecule has 1 aromatic heterocycles. The number of amides is 2. The third-order valence-corrected chi connectivity index (χ3v) is 7.93. The van der Waals surface area contributed by atoms with Crippen LogP contribution in [-0.2, 0) is 17.6 Å². The fourth-order valence-electron chi connectivity index (χ4n) is 5.15. The molecule has 1 N–H and O–H groups in total. The fraction of sp³-hybridized carbons (Fsp3) is 0.480. The first-order chi connectivity index (χ1) is 15.2. The Hall–Kier alpha value is -2.47. The van der Waals surface area contributed by atoms with Crippen molar-refractivity contribution >= 4 is 39.6 Å². The maximum absolute atomic E-state index is 13.4. The summed E-state index contributed by atoms with van der Waals surface area (Å²) in [5, 5.41) is 4.00. The lowest BCUT2D eigenvalue weighted by atomic mass is 9.93. The zero-order valence-corrected chi connectivity index (χ0v) is 18.9. The average molecular weight is 436 g/mol. The molecule has 0 radical (unpaired) electrons. The van der Waals surface area contributed by atoms with Crippen LogP contribution >= 0.6 is 11.3 Å². The van der Waals surface area contributed by atoms with Gasteiger partial charge < -0.3 is 10.2 Å². The molecule has 1 fully saturated rings. The van der Waals surface area contributed by atoms with E-state index in [0.29, 0.717) is 17.3 Å². The van der Waals surface area contributed by atoms with Gasteiger partial charge in [0.05, 0.1) is 11.3 Å². The third-order valence-electron chi connectivity index (χ3n) is 6.75. The minimum atomic E-state index is -0.0753. The van der Waals surface area contributed by atoms with E-state index in [1.807, 2.05) is 31.2 Å². The number of carbonyl (C=O) groups is 2. The lowest BCUT2D eigenvalue weighted by Crippen LogP contribution is -2.36. The second kappa shape index (κ2) is 8.58. The van der Waals surface area contributed by atoms with Crippen LogP contribution in [0.3, 0.4) is 0 Å². The molecule has 1 saturated carbocycles. The lowest BCUT2D eigenvalue weighted by Gasteiger charge is -2.23. The van der Waals surface area contributed by atoms with Crippen LogP contribution in [0.2, 0.25) is 0 Å². The number of benzene rings is 1. The number of fused-ring (bicyclic) bond motifs is 2. The number of para-hydroxylation sites is 1. The summed E-state index contributed by atoms with van der Waals surface area (Å²) in [5.74, 6) is -0.0783. The molecule has 2 heterocycles. The number of hydrogen-bond donors (Lipinski definition) is 1. The van der Waals surface area contributed by atoms with Crippen LogP contribution in [0.5, 0.6) is 0 Å². The largest absolute Gasteiger partial charge is 0.349 e. The SMILES string of the molecule is CCN1C(=O)C(=Nc2sc3c(c2C(=O)NC2CCCCC2)CCCC3)c2ccccc21. The van der Waals surface area contributed by atoms with Crippen molar-refractivity contribution in [2.45, 2.75) is 70.8 Å². The van der Waals surface area contributed by atoms with Gasteiger partial charge in [-0.3, -0.25) is 9.59 Å². The summed E-state index contributed by atoms with van der Waals surface area (Å²) in [6.45, 7) is 2.58. The van der Waals surface area contributed by atoms with Crippen LogP contribution in [0.25, 0.3) is 0 Å². The standard InChI is InChI=1S/C25H29N3O2S/c1-2-28-19-14-8-6-12-17(19)22(25(28)30)27-24-21(18-13-7-9-15-20(18)31-24)23(29)26-16-10-4-3-5-11-16/h6,8,12,14,16H,2-5,7,9-11,13,15H2,1H3,(H,26,29). The summed E-state index contributed by atoms with van der Waals surface area (Å²) in [5.41, 5.74) is 4.11. The Morgan fingerprint density at radius 1 is 1.13 bits per heavy atom. The number of nitrogens with zero attached hydrogens (tertiary/aromatic N) is 2. The number of anilines is 1. The normalized spacial score (nSPS) is 20.1. The Labute approximate surface area is 187 Å². The Bertz CT molecular complexity index is 1050. The number of thiophene rings is 1. The van der Waals surface area contributed by atoms with E-state index in [-0.39, 0.29) is 17.9 Å². The van der Waals surface area contributed by atoms with Crippen molar-refractivity contribution < 1.29 is 9.59 Å². The zero-order valence-electron chi connectivity index (χ0n) is 18.1. The third kappa shape index (κ3) is 3.71. The molecule has 3 aliphatic rings. The van der Waals surface area contributed by atoms with Gasteiger partial charge in [0.15, 0.2) is 0 Å². The molecule has 5 nitrogen and oxygen atoms in total. The number of aryl methyl sites for hydroxylation is 1. The molecular formula is C25H29N3O2S. The highest BCUT2D eigenvalue weighted by atomic mass is 32.1. The second-order valence-electron chi connectivity index (χ2n) is 8.73. The Balaban J connectivity index is 1.56. The maximum Gasteiger partial charge on any atom is 0.277 e. The molecule has 0 saturated heterocycles. The molecule has 5 rings (SSSR count). The van der Waals surface area contributed by atoms with E-state index in [4.69, 9.17) is 4.99 Å². The van der Waals surface area contributed by atoms with Crippen LogP contribution < -0.4 is 10.2 Å². The van der Waals surface area contributed by atoms with Gasteiger partial charge in [0, 0.05) is 23.0 Å². The summed E-state index contributed by atoms with van der Waals surface area (Å²) in [6.07, 6.45) is 9.91. The Morgan fingerprint density at radius 3 is 2.71 bits per heavy atom. The van der Waals surface area contributed by atoms with E-state index in [2.05, 4.69) is 5.32 Å². The first-order valence-corrected chi connectivity index (χ1v) is 12.4. The average Bonchev–Trinajstić information content (AvgIpc) is 3.29. The molecule has 2 aromatic rings. The van der Waals surface area contributed by atoms with E-state index in [9.17, 15) is 9.59 Å². The van der Waals surface area contributed by atoms with E-state index in [1.165, 1.54) is 24.1 Å². The van der Waals surface area contributed by atoms with E-state index < -0.39 is 0 Å². The van der Waals surface area contributed by atoms with Crippen molar-refractivity contribution in [2.24, 2.45) is 4.99 Å². The van der Waals surface area contributed by atoms with Crippen LogP contribution in [0.4, 0.5) is 10.7 Å². The highest BCUT2D eigenvalue weighted by molar-refractivity contribution is 7.16. The topological polar surface area (TPSA) is 61.8 Å². The van der Waals surface area contributed by atoms with Gasteiger partial charge in [-0.15, -0.1) is 11.3 Å². The van der Waals surface area contributed by atoms with Gasteiger partial charge in [-0.25, -0.2) is 4.99 Å². The fourth-order valence-corrected chi connectivity index (χ4v) is 6.42. The number of hydrogen-bond acceptors (Lipinski definition) is 4. The van der Waals surface area contributed by atoms with Gasteiger partial charge in [-0.2, -0.15) is 0 Å². The van der Waals surface area contributed by atoms with Crippen LogP contribution in [0, 0.1) is 0 Å². The molecule has 0 unspecified atom stereocenters. The number of aliphatic imine (C=N–C) groups is 1. The van der Waals surface area contributed by atoms with E-state index >= 15 is 0 Å². The second-order valence-corrected chi connectivity index (χ2v) is 9.81. The Morgan fingerprint density at radius 2 is 1.90 bits per heavy atom. The first kappa shape index (κ1) is 20.4. The van der Waals surface area contributed by atoms with Crippen molar-refractivity contribution in [3.05, 3.63) is 45.8 Å². The van der Waals surface area contributed by atoms with Crippen molar-refractivity contribution in [3.63, 3.8) is 0 Å². The lowest BCUT2D eigenvalue weighted by molar-refractivity contribution is -0.112. The highest BCUT2D eigenvalue weighted by Gasteiger charge is 2.34. The number of carbonyl (C=O) groups excluding carboxylic acids is 2. The van der Waals surface area contributed by atoms with Gasteiger partial charge in [-0.05, 0) is 57.1 Å². The zero-order chi connectivity index (χ0) is 21.4. The predicted molar refractivity (Wildman–Crippen MR) is 126 cm³/mol. The van der Waals surface area contributed by atoms with Crippen LogP contribution in [0.15, 0.2) is 29.3 Å². The number of rotatable bonds is 4. The van der Waals surface area contributed by atoms with Crippen LogP contribution in [-0.4, -0.2) is 30.1 Å². The van der Waals surface area contributed by atoms with Gasteiger partial charge in [0.1, 0.15) is 10.7 Å². The summed E-state index contributed by atoms with van der Waals surface area (Å²) in [7, 11) is 0. The Kier molecular flexibility index (Phi) is 5.65. The summed E-state index contributed by atoms with van der Waals surface area (Å²) >= 11 is 1.61. The van der Waals surface area contributed by atoms with Crippen molar-refractivity contribution in [1.82, 2.24) is 5.32 Å². The molecule has 0 spiro atoms. The molecule has 6 heteroatoms. The summed E-state index contributed by atoms with van der Waals surface area (Å²) < 4.78 is 0. The minimum absolute atomic E-state index is 0.00303. The van der Waals surface area contributed by atoms with Crippen molar-refractivity contribution in [2.75, 3.05) is 11.4 Å². The molecule has 1 aromatic carbocycles. The van der Waals surface area contributed by atoms with E-state index in [0.717, 1.165) is 60.9 Å². The molecule has 0 atom stereocenters. The first-order valence-electron chi connectivity index (χ1n) is 11.6. The van der Waals surface area contributed by atoms with E-state index in [1.54, 1.807) is 16.2 Å². The maximum atomic E-state index is 13.4. The summed E-state index contributed by atoms with van der Waals surface area (Å²) in [6, 6.07) is 8.07. The van der Waals surface area contributed by atoms with Gasteiger partial charge in [-0.1, -0.05) is 37.5 Å². The minimum Gasteiger partial charge on any atom is -0.349 e. The highest BCUT2D eigenvalue weighted by Crippen LogP contribution is 2.41. The molecular weight excluding hydrogens is 406 g/mol. The monoisotopic (exact) mass is 435 g/mol. The number of likely N-dealkylation sites (N-methyl/N-ethyl adjacent to an activating group) is 1. The smallest absolute Gasteiger partial charge is 0.277 e. The predicted octanol–water partition coefficient (Wildman–Crippen LogP) is 5.18. The quantitative estimate of drug-likeness (QED) is 0.720. The molecule has 31 heavy (non-hydrogen) atoms.